The van der Waals surface area contributed by atoms with Gasteiger partial charge in [0, 0.05) is 6.20 Å². The second kappa shape index (κ2) is 4.52. The number of aromatic nitrogens is 2. The largest absolute Gasteiger partial charge is 0.460 e. The smallest absolute Gasteiger partial charge is 0.223 e. The second-order valence-electron chi connectivity index (χ2n) is 4.90. The number of hydrogen-bond donors (Lipinski definition) is 1. The highest BCUT2D eigenvalue weighted by Crippen LogP contribution is 2.26. The fourth-order valence-corrected chi connectivity index (χ4v) is 2.29. The van der Waals surface area contributed by atoms with E-state index in [0.717, 1.165) is 22.7 Å². The molecule has 0 saturated heterocycles. The number of amides is 1. The number of primary amides is 1. The molecule has 0 unspecified atom stereocenters. The van der Waals surface area contributed by atoms with Crippen LogP contribution in [0.2, 0.25) is 0 Å². The number of nitrogens with two attached hydrogens (primary N) is 1. The number of hydrogen-bond acceptors (Lipinski definition) is 3. The second-order valence-corrected chi connectivity index (χ2v) is 4.90. The van der Waals surface area contributed by atoms with Gasteiger partial charge in [-0.1, -0.05) is 6.07 Å². The van der Waals surface area contributed by atoms with Crippen molar-refractivity contribution < 1.29 is 9.21 Å². The van der Waals surface area contributed by atoms with Gasteiger partial charge in [-0.3, -0.25) is 4.79 Å². The number of fused-ring (bicyclic) bond motifs is 1. The average Bonchev–Trinajstić information content (AvgIpc) is 2.94. The summed E-state index contributed by atoms with van der Waals surface area (Å²) >= 11 is 0. The van der Waals surface area contributed by atoms with Crippen LogP contribution in [0.3, 0.4) is 0 Å². The van der Waals surface area contributed by atoms with Crippen LogP contribution in [0, 0.1) is 13.8 Å². The average molecular weight is 269 g/mol. The summed E-state index contributed by atoms with van der Waals surface area (Å²) in [6.07, 6.45) is 2.07. The van der Waals surface area contributed by atoms with E-state index < -0.39 is 5.91 Å². The molecule has 3 heterocycles. The summed E-state index contributed by atoms with van der Waals surface area (Å²) < 4.78 is 7.52. The van der Waals surface area contributed by atoms with Crippen LogP contribution in [0.5, 0.6) is 0 Å². The lowest BCUT2D eigenvalue weighted by molar-refractivity contribution is -0.117. The number of aryl methyl sites for hydroxylation is 2. The van der Waals surface area contributed by atoms with E-state index in [4.69, 9.17) is 10.2 Å². The van der Waals surface area contributed by atoms with Crippen molar-refractivity contribution in [1.29, 1.82) is 0 Å². The van der Waals surface area contributed by atoms with Gasteiger partial charge in [-0.05, 0) is 37.6 Å². The Morgan fingerprint density at radius 2 is 2.10 bits per heavy atom. The number of carbonyl (C=O) groups excluding carboxylic acids is 1. The molecule has 5 heteroatoms. The number of carbonyl (C=O) groups is 1. The molecular formula is C15H15N3O2. The molecule has 3 aromatic heterocycles. The summed E-state index contributed by atoms with van der Waals surface area (Å²) in [5.74, 6) is 1.07. The van der Waals surface area contributed by atoms with E-state index in [0.29, 0.717) is 11.5 Å². The Labute approximate surface area is 116 Å². The zero-order chi connectivity index (χ0) is 14.3. The van der Waals surface area contributed by atoms with Gasteiger partial charge in [0.1, 0.15) is 17.1 Å². The quantitative estimate of drug-likeness (QED) is 0.792. The normalized spacial score (nSPS) is 11.1. The fourth-order valence-electron chi connectivity index (χ4n) is 2.29. The van der Waals surface area contributed by atoms with E-state index >= 15 is 0 Å². The van der Waals surface area contributed by atoms with Gasteiger partial charge >= 0.3 is 0 Å². The fraction of sp³-hybridized carbons (Fsp3) is 0.200. The monoisotopic (exact) mass is 269 g/mol. The molecule has 0 aliphatic carbocycles. The van der Waals surface area contributed by atoms with Gasteiger partial charge in [0.15, 0.2) is 5.76 Å². The van der Waals surface area contributed by atoms with Crippen LogP contribution in [-0.2, 0) is 11.2 Å². The first-order valence-electron chi connectivity index (χ1n) is 6.37. The van der Waals surface area contributed by atoms with E-state index in [2.05, 4.69) is 4.98 Å². The summed E-state index contributed by atoms with van der Waals surface area (Å²) in [7, 11) is 0. The van der Waals surface area contributed by atoms with Crippen LogP contribution in [0.25, 0.3) is 17.1 Å². The lowest BCUT2D eigenvalue weighted by Gasteiger charge is -2.02. The number of imidazole rings is 1. The van der Waals surface area contributed by atoms with Crippen molar-refractivity contribution in [3.63, 3.8) is 0 Å². The molecule has 0 spiro atoms. The SMILES string of the molecule is Cc1ccc2nc(-c3ccc(C)o3)c(CC(N)=O)n2c1. The Balaban J connectivity index is 2.27. The third kappa shape index (κ3) is 2.07. The molecule has 3 aromatic rings. The van der Waals surface area contributed by atoms with E-state index in [-0.39, 0.29) is 6.42 Å². The van der Waals surface area contributed by atoms with Gasteiger partial charge in [0.05, 0.1) is 12.1 Å². The van der Waals surface area contributed by atoms with E-state index in [9.17, 15) is 4.79 Å². The van der Waals surface area contributed by atoms with Gasteiger partial charge in [-0.25, -0.2) is 4.98 Å². The lowest BCUT2D eigenvalue weighted by Crippen LogP contribution is -2.15. The molecule has 3 rings (SSSR count). The van der Waals surface area contributed by atoms with Crippen molar-refractivity contribution in [3.05, 3.63) is 47.5 Å². The zero-order valence-electron chi connectivity index (χ0n) is 11.4. The van der Waals surface area contributed by atoms with Crippen LogP contribution in [0.15, 0.2) is 34.9 Å². The number of rotatable bonds is 3. The van der Waals surface area contributed by atoms with E-state index in [1.165, 1.54) is 0 Å². The Bertz CT molecular complexity index is 799. The van der Waals surface area contributed by atoms with E-state index in [1.54, 1.807) is 0 Å². The maximum Gasteiger partial charge on any atom is 0.223 e. The summed E-state index contributed by atoms with van der Waals surface area (Å²) in [6.45, 7) is 3.86. The van der Waals surface area contributed by atoms with Crippen molar-refractivity contribution in [2.75, 3.05) is 0 Å². The van der Waals surface area contributed by atoms with E-state index in [1.807, 2.05) is 48.7 Å². The van der Waals surface area contributed by atoms with Crippen molar-refractivity contribution in [3.8, 4) is 11.5 Å². The Kier molecular flexibility index (Phi) is 2.82. The van der Waals surface area contributed by atoms with Gasteiger partial charge < -0.3 is 14.6 Å². The summed E-state index contributed by atoms with van der Waals surface area (Å²) in [4.78, 5) is 15.9. The molecule has 0 atom stereocenters. The standard InChI is InChI=1S/C15H15N3O2/c1-9-3-6-14-17-15(12-5-4-10(2)20-12)11(7-13(16)19)18(14)8-9/h3-6,8H,7H2,1-2H3,(H2,16,19). The van der Waals surface area contributed by atoms with Crippen LogP contribution in [0.4, 0.5) is 0 Å². The maximum absolute atomic E-state index is 11.3. The Morgan fingerprint density at radius 3 is 2.75 bits per heavy atom. The molecule has 20 heavy (non-hydrogen) atoms. The summed E-state index contributed by atoms with van der Waals surface area (Å²) in [6, 6.07) is 7.62. The Morgan fingerprint density at radius 1 is 1.30 bits per heavy atom. The van der Waals surface area contributed by atoms with Gasteiger partial charge in [-0.15, -0.1) is 0 Å². The van der Waals surface area contributed by atoms with Crippen LogP contribution < -0.4 is 5.73 Å². The molecule has 0 fully saturated rings. The first-order chi connectivity index (χ1) is 9.54. The predicted octanol–water partition coefficient (Wildman–Crippen LogP) is 2.24. The van der Waals surface area contributed by atoms with Crippen molar-refractivity contribution >= 4 is 11.6 Å². The van der Waals surface area contributed by atoms with Gasteiger partial charge in [-0.2, -0.15) is 0 Å². The van der Waals surface area contributed by atoms with Gasteiger partial charge in [0.25, 0.3) is 0 Å². The van der Waals surface area contributed by atoms with Crippen molar-refractivity contribution in [2.45, 2.75) is 20.3 Å². The molecule has 0 aliphatic heterocycles. The number of nitrogens with zero attached hydrogens (tertiary/aromatic N) is 2. The van der Waals surface area contributed by atoms with Crippen molar-refractivity contribution in [2.24, 2.45) is 5.73 Å². The first kappa shape index (κ1) is 12.5. The highest BCUT2D eigenvalue weighted by Gasteiger charge is 2.18. The molecule has 0 bridgehead atoms. The highest BCUT2D eigenvalue weighted by atomic mass is 16.3. The predicted molar refractivity (Wildman–Crippen MR) is 75.3 cm³/mol. The van der Waals surface area contributed by atoms with Crippen molar-refractivity contribution in [1.82, 2.24) is 9.38 Å². The number of pyridine rings is 1. The molecule has 0 aromatic carbocycles. The summed E-state index contributed by atoms with van der Waals surface area (Å²) in [5, 5.41) is 0. The molecule has 0 saturated carbocycles. The molecule has 5 nitrogen and oxygen atoms in total. The Hall–Kier alpha value is -2.56. The third-order valence-electron chi connectivity index (χ3n) is 3.18. The minimum atomic E-state index is -0.391. The summed E-state index contributed by atoms with van der Waals surface area (Å²) in [5.41, 5.74) is 8.64. The molecule has 1 amide bonds. The molecule has 0 radical (unpaired) electrons. The molecule has 0 aliphatic rings. The molecule has 102 valence electrons. The molecular weight excluding hydrogens is 254 g/mol. The zero-order valence-corrected chi connectivity index (χ0v) is 11.4. The number of furan rings is 1. The minimum Gasteiger partial charge on any atom is -0.460 e. The van der Waals surface area contributed by atoms with Crippen LogP contribution in [-0.4, -0.2) is 15.3 Å². The van der Waals surface area contributed by atoms with Crippen LogP contribution >= 0.6 is 0 Å². The highest BCUT2D eigenvalue weighted by molar-refractivity contribution is 5.79. The third-order valence-corrected chi connectivity index (χ3v) is 3.18. The lowest BCUT2D eigenvalue weighted by atomic mass is 10.2. The molecule has 2 N–H and O–H groups in total. The minimum absolute atomic E-state index is 0.125. The maximum atomic E-state index is 11.3. The first-order valence-corrected chi connectivity index (χ1v) is 6.37. The van der Waals surface area contributed by atoms with Crippen LogP contribution in [0.1, 0.15) is 17.0 Å². The topological polar surface area (TPSA) is 73.5 Å². The van der Waals surface area contributed by atoms with Gasteiger partial charge in [0.2, 0.25) is 5.91 Å².